The summed E-state index contributed by atoms with van der Waals surface area (Å²) in [7, 11) is 0. The van der Waals surface area contributed by atoms with Gasteiger partial charge in [-0.25, -0.2) is 9.78 Å². The zero-order chi connectivity index (χ0) is 25.1. The van der Waals surface area contributed by atoms with E-state index in [4.69, 9.17) is 10.8 Å². The minimum atomic E-state index is -1.71. The Bertz CT molecular complexity index is 996. The predicted molar refractivity (Wildman–Crippen MR) is 117 cm³/mol. The van der Waals surface area contributed by atoms with Gasteiger partial charge < -0.3 is 36.9 Å². The van der Waals surface area contributed by atoms with Crippen molar-refractivity contribution in [2.24, 2.45) is 5.73 Å². The molecule has 0 aliphatic carbocycles. The van der Waals surface area contributed by atoms with Crippen LogP contribution >= 0.6 is 0 Å². The van der Waals surface area contributed by atoms with Crippen molar-refractivity contribution in [1.82, 2.24) is 25.9 Å². The number of imidazole rings is 1. The summed E-state index contributed by atoms with van der Waals surface area (Å²) >= 11 is 0. The number of nitrogens with two attached hydrogens (primary N) is 1. The lowest BCUT2D eigenvalue weighted by molar-refractivity contribution is -0.147. The molecule has 1 aromatic carbocycles. The summed E-state index contributed by atoms with van der Waals surface area (Å²) in [5, 5.41) is 25.3. The highest BCUT2D eigenvalue weighted by Crippen LogP contribution is 2.06. The van der Waals surface area contributed by atoms with Crippen LogP contribution in [0, 0.1) is 0 Å². The molecule has 0 bridgehead atoms. The third-order valence-corrected chi connectivity index (χ3v) is 4.72. The van der Waals surface area contributed by atoms with E-state index < -0.39 is 54.2 Å². The zero-order valence-electron chi connectivity index (χ0n) is 18.1. The van der Waals surface area contributed by atoms with Gasteiger partial charge in [-0.15, -0.1) is 0 Å². The maximum Gasteiger partial charge on any atom is 0.326 e. The largest absolute Gasteiger partial charge is 0.481 e. The average Bonchev–Trinajstić information content (AvgIpc) is 3.31. The highest BCUT2D eigenvalue weighted by Gasteiger charge is 2.31. The fraction of sp³-hybridized carbons (Fsp3) is 0.333. The number of amides is 3. The van der Waals surface area contributed by atoms with E-state index in [0.29, 0.717) is 5.69 Å². The van der Waals surface area contributed by atoms with Gasteiger partial charge in [0.25, 0.3) is 0 Å². The number of nitrogens with zero attached hydrogens (tertiary/aromatic N) is 1. The van der Waals surface area contributed by atoms with Gasteiger partial charge in [-0.3, -0.25) is 19.2 Å². The Balaban J connectivity index is 2.23. The van der Waals surface area contributed by atoms with Crippen LogP contribution in [-0.2, 0) is 36.8 Å². The molecule has 13 heteroatoms. The maximum atomic E-state index is 13.1. The van der Waals surface area contributed by atoms with Crippen molar-refractivity contribution in [3.05, 3.63) is 54.1 Å². The third-order valence-electron chi connectivity index (χ3n) is 4.72. The first-order valence-electron chi connectivity index (χ1n) is 10.3. The summed E-state index contributed by atoms with van der Waals surface area (Å²) in [5.74, 6) is -5.18. The van der Waals surface area contributed by atoms with E-state index in [1.807, 2.05) is 0 Å². The van der Waals surface area contributed by atoms with Crippen molar-refractivity contribution in [2.75, 3.05) is 6.54 Å². The SMILES string of the molecule is NCC(=O)NC(Cc1ccccc1)C(=O)NC(Cc1cnc[nH]1)C(=O)NC(CC(=O)O)C(=O)O. The first kappa shape index (κ1) is 26.0. The Labute approximate surface area is 194 Å². The van der Waals surface area contributed by atoms with E-state index in [9.17, 15) is 29.1 Å². The number of hydrogen-bond donors (Lipinski definition) is 7. The lowest BCUT2D eigenvalue weighted by atomic mass is 10.0. The summed E-state index contributed by atoms with van der Waals surface area (Å²) < 4.78 is 0. The molecule has 0 fully saturated rings. The van der Waals surface area contributed by atoms with Gasteiger partial charge in [-0.05, 0) is 5.56 Å². The number of carboxylic acid groups (broad SMARTS) is 2. The van der Waals surface area contributed by atoms with Crippen molar-refractivity contribution in [3.63, 3.8) is 0 Å². The van der Waals surface area contributed by atoms with Crippen LogP contribution in [-0.4, -0.2) is 74.5 Å². The number of aromatic amines is 1. The van der Waals surface area contributed by atoms with Gasteiger partial charge >= 0.3 is 11.9 Å². The van der Waals surface area contributed by atoms with Crippen molar-refractivity contribution >= 4 is 29.7 Å². The average molecular weight is 474 g/mol. The second kappa shape index (κ2) is 12.7. The summed E-state index contributed by atoms with van der Waals surface area (Å²) in [6, 6.07) is 4.75. The molecule has 0 aliphatic heterocycles. The second-order valence-electron chi connectivity index (χ2n) is 7.35. The predicted octanol–water partition coefficient (Wildman–Crippen LogP) is -1.83. The molecule has 3 amide bonds. The number of aliphatic carboxylic acids is 2. The smallest absolute Gasteiger partial charge is 0.326 e. The Morgan fingerprint density at radius 1 is 0.912 bits per heavy atom. The van der Waals surface area contributed by atoms with Crippen LogP contribution in [0.4, 0.5) is 0 Å². The van der Waals surface area contributed by atoms with E-state index in [1.165, 1.54) is 12.5 Å². The molecule has 8 N–H and O–H groups in total. The number of hydrogen-bond acceptors (Lipinski definition) is 7. The monoisotopic (exact) mass is 474 g/mol. The van der Waals surface area contributed by atoms with Gasteiger partial charge in [0.1, 0.15) is 18.1 Å². The van der Waals surface area contributed by atoms with E-state index in [1.54, 1.807) is 30.3 Å². The van der Waals surface area contributed by atoms with Crippen LogP contribution in [0.25, 0.3) is 0 Å². The van der Waals surface area contributed by atoms with Crippen molar-refractivity contribution in [3.8, 4) is 0 Å². The molecule has 0 spiro atoms. The van der Waals surface area contributed by atoms with Gasteiger partial charge in [0.2, 0.25) is 17.7 Å². The number of aromatic nitrogens is 2. The number of carbonyl (C=O) groups is 5. The molecule has 2 rings (SSSR count). The Morgan fingerprint density at radius 3 is 2.06 bits per heavy atom. The van der Waals surface area contributed by atoms with Gasteiger partial charge in [0.15, 0.2) is 0 Å². The molecular weight excluding hydrogens is 448 g/mol. The van der Waals surface area contributed by atoms with E-state index in [-0.39, 0.29) is 19.4 Å². The first-order chi connectivity index (χ1) is 16.2. The fourth-order valence-corrected chi connectivity index (χ4v) is 3.06. The number of carboxylic acids is 2. The van der Waals surface area contributed by atoms with Crippen molar-refractivity contribution in [2.45, 2.75) is 37.4 Å². The number of H-pyrrole nitrogens is 1. The number of carbonyl (C=O) groups excluding carboxylic acids is 3. The molecule has 182 valence electrons. The maximum absolute atomic E-state index is 13.1. The van der Waals surface area contributed by atoms with Gasteiger partial charge in [-0.1, -0.05) is 30.3 Å². The van der Waals surface area contributed by atoms with Crippen LogP contribution < -0.4 is 21.7 Å². The third kappa shape index (κ3) is 8.35. The minimum Gasteiger partial charge on any atom is -0.481 e. The van der Waals surface area contributed by atoms with Gasteiger partial charge in [0.05, 0.1) is 19.3 Å². The minimum absolute atomic E-state index is 0.0973. The molecule has 0 saturated carbocycles. The van der Waals surface area contributed by atoms with E-state index in [2.05, 4.69) is 25.9 Å². The van der Waals surface area contributed by atoms with Crippen LogP contribution in [0.5, 0.6) is 0 Å². The van der Waals surface area contributed by atoms with Crippen LogP contribution in [0.2, 0.25) is 0 Å². The Kier molecular flexibility index (Phi) is 9.71. The molecule has 2 aromatic rings. The standard InChI is InChI=1S/C21H26N6O7/c22-9-17(28)25-14(6-12-4-2-1-3-5-12)19(31)26-15(7-13-10-23-11-24-13)20(32)27-16(21(33)34)8-18(29)30/h1-5,10-11,14-16H,6-9,22H2,(H,23,24)(H,25,28)(H,26,31)(H,27,32)(H,29,30)(H,33,34). The molecular formula is C21H26N6O7. The van der Waals surface area contributed by atoms with Crippen LogP contribution in [0.1, 0.15) is 17.7 Å². The summed E-state index contributed by atoms with van der Waals surface area (Å²) in [6.07, 6.45) is 1.93. The molecule has 3 atom stereocenters. The molecule has 1 heterocycles. The Morgan fingerprint density at radius 2 is 1.53 bits per heavy atom. The normalized spacial score (nSPS) is 13.2. The van der Waals surface area contributed by atoms with E-state index in [0.717, 1.165) is 5.56 Å². The summed E-state index contributed by atoms with van der Waals surface area (Å²) in [5.41, 5.74) is 6.55. The Hall–Kier alpha value is -4.26. The molecule has 0 saturated heterocycles. The molecule has 3 unspecified atom stereocenters. The molecule has 0 aliphatic rings. The lowest BCUT2D eigenvalue weighted by Gasteiger charge is -2.24. The fourth-order valence-electron chi connectivity index (χ4n) is 3.06. The highest BCUT2D eigenvalue weighted by atomic mass is 16.4. The van der Waals surface area contributed by atoms with Crippen LogP contribution in [0.15, 0.2) is 42.9 Å². The zero-order valence-corrected chi connectivity index (χ0v) is 18.1. The number of nitrogens with one attached hydrogen (secondary N) is 4. The second-order valence-corrected chi connectivity index (χ2v) is 7.35. The summed E-state index contributed by atoms with van der Waals surface area (Å²) in [6.45, 7) is -0.355. The van der Waals surface area contributed by atoms with Gasteiger partial charge in [-0.2, -0.15) is 0 Å². The molecule has 1 aromatic heterocycles. The lowest BCUT2D eigenvalue weighted by Crippen LogP contribution is -2.57. The van der Waals surface area contributed by atoms with Gasteiger partial charge in [0, 0.05) is 24.7 Å². The van der Waals surface area contributed by atoms with Crippen LogP contribution in [0.3, 0.4) is 0 Å². The number of benzene rings is 1. The highest BCUT2D eigenvalue weighted by molar-refractivity contribution is 5.94. The number of rotatable bonds is 13. The quantitative estimate of drug-likeness (QED) is 0.173. The van der Waals surface area contributed by atoms with E-state index >= 15 is 0 Å². The molecule has 34 heavy (non-hydrogen) atoms. The first-order valence-corrected chi connectivity index (χ1v) is 10.3. The topological polar surface area (TPSA) is 217 Å². The molecule has 13 nitrogen and oxygen atoms in total. The molecule has 0 radical (unpaired) electrons. The van der Waals surface area contributed by atoms with Crippen molar-refractivity contribution < 1.29 is 34.2 Å². The van der Waals surface area contributed by atoms with Crippen molar-refractivity contribution in [1.29, 1.82) is 0 Å². The summed E-state index contributed by atoms with van der Waals surface area (Å²) in [4.78, 5) is 66.7.